The number of hydrogen-bond acceptors (Lipinski definition) is 5. The minimum Gasteiger partial charge on any atom is -0.383 e. The first-order chi connectivity index (χ1) is 14.5. The molecular weight excluding hydrogens is 404 g/mol. The highest BCUT2D eigenvalue weighted by atomic mass is 32.2. The number of sulfonamides is 1. The second-order valence-corrected chi connectivity index (χ2v) is 9.32. The molecule has 0 amide bonds. The molecule has 0 radical (unpaired) electrons. The summed E-state index contributed by atoms with van der Waals surface area (Å²) in [5.41, 5.74) is 1.93. The summed E-state index contributed by atoms with van der Waals surface area (Å²) >= 11 is 0. The van der Waals surface area contributed by atoms with Gasteiger partial charge in [-0.2, -0.15) is 4.31 Å². The average Bonchev–Trinajstić information content (AvgIpc) is 3.35. The molecule has 1 fully saturated rings. The van der Waals surface area contributed by atoms with Gasteiger partial charge in [-0.15, -0.1) is 0 Å². The molecule has 8 nitrogen and oxygen atoms in total. The summed E-state index contributed by atoms with van der Waals surface area (Å²) in [6.07, 6.45) is 2.86. The third-order valence-corrected chi connectivity index (χ3v) is 7.67. The third kappa shape index (κ3) is 3.46. The van der Waals surface area contributed by atoms with Crippen molar-refractivity contribution < 1.29 is 13.2 Å². The maximum absolute atomic E-state index is 13.3. The lowest BCUT2D eigenvalue weighted by Gasteiger charge is -2.19. The van der Waals surface area contributed by atoms with Crippen LogP contribution in [-0.4, -0.2) is 53.6 Å². The highest BCUT2D eigenvalue weighted by Crippen LogP contribution is 2.30. The maximum Gasteiger partial charge on any atom is 0.330 e. The predicted octanol–water partition coefficient (Wildman–Crippen LogP) is 2.04. The van der Waals surface area contributed by atoms with Crippen molar-refractivity contribution >= 4 is 21.2 Å². The molecule has 1 aromatic carbocycles. The van der Waals surface area contributed by atoms with Gasteiger partial charge in [0, 0.05) is 26.4 Å². The molecule has 30 heavy (non-hydrogen) atoms. The molecule has 160 valence electrons. The molecule has 0 saturated carbocycles. The zero-order chi connectivity index (χ0) is 21.3. The van der Waals surface area contributed by atoms with Crippen molar-refractivity contribution in [3.05, 3.63) is 58.6 Å². The first-order valence-corrected chi connectivity index (χ1v) is 11.6. The quantitative estimate of drug-likeness (QED) is 0.573. The number of hydrogen-bond donors (Lipinski definition) is 0. The summed E-state index contributed by atoms with van der Waals surface area (Å²) in [6, 6.07) is 10.5. The molecule has 1 unspecified atom stereocenters. The van der Waals surface area contributed by atoms with Crippen LogP contribution in [0.25, 0.3) is 11.2 Å². The molecule has 9 heteroatoms. The fraction of sp³-hybridized carbons (Fsp3) is 0.429. The zero-order valence-corrected chi connectivity index (χ0v) is 18.0. The van der Waals surface area contributed by atoms with Crippen molar-refractivity contribution in [1.82, 2.24) is 18.4 Å². The van der Waals surface area contributed by atoms with E-state index in [4.69, 9.17) is 4.74 Å². The Kier molecular flexibility index (Phi) is 5.77. The summed E-state index contributed by atoms with van der Waals surface area (Å²) in [4.78, 5) is 17.9. The Morgan fingerprint density at radius 1 is 1.20 bits per heavy atom. The molecule has 0 aliphatic carbocycles. The Balaban J connectivity index is 1.69. The summed E-state index contributed by atoms with van der Waals surface area (Å²) in [5.74, 6) is 0. The minimum absolute atomic E-state index is 0.182. The van der Waals surface area contributed by atoms with Gasteiger partial charge in [0.2, 0.25) is 10.0 Å². The van der Waals surface area contributed by atoms with Crippen molar-refractivity contribution in [1.29, 1.82) is 0 Å². The SMILES string of the molecule is CCc1ccccc1S(=O)(=O)N1CCC(n2c(=O)n(CCOC)c3cccnc32)C1. The molecule has 1 aliphatic heterocycles. The van der Waals surface area contributed by atoms with Crippen LogP contribution < -0.4 is 5.69 Å². The number of aryl methyl sites for hydroxylation is 1. The number of methoxy groups -OCH3 is 1. The van der Waals surface area contributed by atoms with Crippen LogP contribution in [0.3, 0.4) is 0 Å². The highest BCUT2D eigenvalue weighted by molar-refractivity contribution is 7.89. The smallest absolute Gasteiger partial charge is 0.330 e. The van der Waals surface area contributed by atoms with Crippen LogP contribution in [0.15, 0.2) is 52.3 Å². The van der Waals surface area contributed by atoms with Crippen LogP contribution in [0.5, 0.6) is 0 Å². The Morgan fingerprint density at radius 2 is 2.00 bits per heavy atom. The van der Waals surface area contributed by atoms with Crippen LogP contribution in [0, 0.1) is 0 Å². The van der Waals surface area contributed by atoms with Gasteiger partial charge in [0.25, 0.3) is 0 Å². The summed E-state index contributed by atoms with van der Waals surface area (Å²) < 4.78 is 36.5. The van der Waals surface area contributed by atoms with Gasteiger partial charge in [-0.1, -0.05) is 25.1 Å². The molecule has 0 spiro atoms. The van der Waals surface area contributed by atoms with Crippen LogP contribution in [-0.2, 0) is 27.7 Å². The second kappa shape index (κ2) is 8.33. The van der Waals surface area contributed by atoms with Crippen LogP contribution in [0.4, 0.5) is 0 Å². The maximum atomic E-state index is 13.3. The molecule has 0 bridgehead atoms. The normalized spacial score (nSPS) is 17.7. The van der Waals surface area contributed by atoms with E-state index < -0.39 is 10.0 Å². The van der Waals surface area contributed by atoms with Gasteiger partial charge in [0.05, 0.1) is 29.6 Å². The van der Waals surface area contributed by atoms with E-state index in [0.717, 1.165) is 11.1 Å². The van der Waals surface area contributed by atoms with Gasteiger partial charge in [-0.25, -0.2) is 18.2 Å². The van der Waals surface area contributed by atoms with Crippen molar-refractivity contribution in [3.8, 4) is 0 Å². The highest BCUT2D eigenvalue weighted by Gasteiger charge is 2.36. The van der Waals surface area contributed by atoms with E-state index in [-0.39, 0.29) is 18.3 Å². The van der Waals surface area contributed by atoms with Gasteiger partial charge < -0.3 is 4.74 Å². The van der Waals surface area contributed by atoms with Gasteiger partial charge in [0.1, 0.15) is 0 Å². The lowest BCUT2D eigenvalue weighted by molar-refractivity contribution is 0.187. The van der Waals surface area contributed by atoms with E-state index in [2.05, 4.69) is 4.98 Å². The number of pyridine rings is 1. The van der Waals surface area contributed by atoms with Crippen LogP contribution >= 0.6 is 0 Å². The summed E-state index contributed by atoms with van der Waals surface area (Å²) in [6.45, 7) is 3.40. The standard InChI is InChI=1S/C21H26N4O4S/c1-3-16-7-4-5-9-19(16)30(27,28)23-12-10-17(15-23)25-20-18(8-6-11-22-20)24(21(25)26)13-14-29-2/h4-9,11,17H,3,10,12-15H2,1-2H3. The van der Waals surface area contributed by atoms with E-state index in [1.165, 1.54) is 4.31 Å². The van der Waals surface area contributed by atoms with Crippen LogP contribution in [0.1, 0.15) is 24.9 Å². The molecule has 0 N–H and O–H groups in total. The Labute approximate surface area is 175 Å². The summed E-state index contributed by atoms with van der Waals surface area (Å²) in [7, 11) is -2.03. The molecule has 1 aliphatic rings. The number of rotatable bonds is 7. The van der Waals surface area contributed by atoms with Gasteiger partial charge in [0.15, 0.2) is 5.65 Å². The van der Waals surface area contributed by atoms with Gasteiger partial charge in [-0.3, -0.25) is 9.13 Å². The Bertz CT molecular complexity index is 1220. The molecule has 1 atom stereocenters. The Morgan fingerprint density at radius 3 is 2.77 bits per heavy atom. The fourth-order valence-electron chi connectivity index (χ4n) is 4.16. The third-order valence-electron chi connectivity index (χ3n) is 5.70. The van der Waals surface area contributed by atoms with Crippen molar-refractivity contribution in [2.75, 3.05) is 26.8 Å². The van der Waals surface area contributed by atoms with Crippen molar-refractivity contribution in [2.45, 2.75) is 37.2 Å². The molecule has 3 aromatic rings. The minimum atomic E-state index is -3.63. The summed E-state index contributed by atoms with van der Waals surface area (Å²) in [5, 5.41) is 0. The lowest BCUT2D eigenvalue weighted by atomic mass is 10.2. The first-order valence-electron chi connectivity index (χ1n) is 10.1. The van der Waals surface area contributed by atoms with E-state index >= 15 is 0 Å². The van der Waals surface area contributed by atoms with Crippen molar-refractivity contribution in [2.24, 2.45) is 0 Å². The molecule has 3 heterocycles. The molecule has 1 saturated heterocycles. The largest absolute Gasteiger partial charge is 0.383 e. The number of benzene rings is 1. The molecule has 2 aromatic heterocycles. The predicted molar refractivity (Wildman–Crippen MR) is 114 cm³/mol. The monoisotopic (exact) mass is 430 g/mol. The van der Waals surface area contributed by atoms with E-state index in [1.54, 1.807) is 40.6 Å². The van der Waals surface area contributed by atoms with Crippen LogP contribution in [0.2, 0.25) is 0 Å². The number of aromatic nitrogens is 3. The van der Waals surface area contributed by atoms with E-state index in [0.29, 0.717) is 43.1 Å². The Hall–Kier alpha value is -2.49. The van der Waals surface area contributed by atoms with E-state index in [1.807, 2.05) is 25.1 Å². The molecular formula is C21H26N4O4S. The van der Waals surface area contributed by atoms with E-state index in [9.17, 15) is 13.2 Å². The fourth-order valence-corrected chi connectivity index (χ4v) is 5.95. The van der Waals surface area contributed by atoms with Gasteiger partial charge >= 0.3 is 5.69 Å². The topological polar surface area (TPSA) is 86.4 Å². The number of fused-ring (bicyclic) bond motifs is 1. The number of nitrogens with zero attached hydrogens (tertiary/aromatic N) is 4. The second-order valence-electron chi connectivity index (χ2n) is 7.41. The zero-order valence-electron chi connectivity index (χ0n) is 17.2. The first kappa shape index (κ1) is 20.8. The average molecular weight is 431 g/mol. The lowest BCUT2D eigenvalue weighted by Crippen LogP contribution is -2.33. The van der Waals surface area contributed by atoms with Crippen molar-refractivity contribution in [3.63, 3.8) is 0 Å². The molecule has 4 rings (SSSR count). The number of ether oxygens (including phenoxy) is 1. The van der Waals surface area contributed by atoms with Gasteiger partial charge in [-0.05, 0) is 36.6 Å². The number of imidazole rings is 1.